The molecule has 0 bridgehead atoms. The molecule has 18 heavy (non-hydrogen) atoms. The Morgan fingerprint density at radius 3 is 3.06 bits per heavy atom. The molecule has 2 heterocycles. The monoisotopic (exact) mass is 254 g/mol. The van der Waals surface area contributed by atoms with E-state index in [0.717, 1.165) is 32.5 Å². The van der Waals surface area contributed by atoms with Gasteiger partial charge in [0.15, 0.2) is 0 Å². The number of hydrogen-bond acceptors (Lipinski definition) is 5. The summed E-state index contributed by atoms with van der Waals surface area (Å²) in [5.74, 6) is 0.366. The fraction of sp³-hybridized carbons (Fsp3) is 0.727. The summed E-state index contributed by atoms with van der Waals surface area (Å²) in [7, 11) is 0. The summed E-state index contributed by atoms with van der Waals surface area (Å²) in [6.07, 6.45) is 4.91. The minimum atomic E-state index is -0.438. The first-order valence-corrected chi connectivity index (χ1v) is 6.19. The quantitative estimate of drug-likeness (QED) is 0.611. The van der Waals surface area contributed by atoms with E-state index >= 15 is 0 Å². The summed E-state index contributed by atoms with van der Waals surface area (Å²) in [5.41, 5.74) is 0.0295. The van der Waals surface area contributed by atoms with E-state index in [9.17, 15) is 10.1 Å². The first kappa shape index (κ1) is 13.0. The van der Waals surface area contributed by atoms with Crippen molar-refractivity contribution in [2.24, 2.45) is 5.92 Å². The van der Waals surface area contributed by atoms with Crippen molar-refractivity contribution in [2.75, 3.05) is 26.2 Å². The van der Waals surface area contributed by atoms with Gasteiger partial charge < -0.3 is 10.0 Å². The van der Waals surface area contributed by atoms with Crippen LogP contribution in [0.15, 0.2) is 12.4 Å². The van der Waals surface area contributed by atoms with E-state index in [1.165, 1.54) is 12.4 Å². The molecule has 2 rings (SSSR count). The summed E-state index contributed by atoms with van der Waals surface area (Å²) >= 11 is 0. The van der Waals surface area contributed by atoms with Crippen molar-refractivity contribution < 1.29 is 10.0 Å². The highest BCUT2D eigenvalue weighted by atomic mass is 16.6. The van der Waals surface area contributed by atoms with Crippen molar-refractivity contribution in [1.29, 1.82) is 0 Å². The highest BCUT2D eigenvalue weighted by Gasteiger charge is 2.19. The lowest BCUT2D eigenvalue weighted by atomic mass is 9.99. The first-order valence-electron chi connectivity index (χ1n) is 6.19. The zero-order valence-electron chi connectivity index (χ0n) is 10.2. The van der Waals surface area contributed by atoms with Crippen molar-refractivity contribution in [3.8, 4) is 0 Å². The van der Waals surface area contributed by atoms with Crippen LogP contribution in [-0.2, 0) is 6.54 Å². The van der Waals surface area contributed by atoms with Crippen molar-refractivity contribution in [3.63, 3.8) is 0 Å². The molecule has 100 valence electrons. The summed E-state index contributed by atoms with van der Waals surface area (Å²) in [6.45, 7) is 3.63. The van der Waals surface area contributed by atoms with E-state index in [2.05, 4.69) is 10.00 Å². The Balaban J connectivity index is 1.81. The Labute approximate surface area is 105 Å². The normalized spacial score (nSPS) is 21.1. The van der Waals surface area contributed by atoms with Gasteiger partial charge >= 0.3 is 5.69 Å². The summed E-state index contributed by atoms with van der Waals surface area (Å²) in [5, 5.41) is 23.6. The molecule has 0 radical (unpaired) electrons. The number of aliphatic hydroxyl groups excluding tert-OH is 1. The second kappa shape index (κ2) is 5.92. The predicted octanol–water partition coefficient (Wildman–Crippen LogP) is 0.496. The molecule has 1 saturated heterocycles. The van der Waals surface area contributed by atoms with Crippen LogP contribution in [-0.4, -0.2) is 51.0 Å². The Morgan fingerprint density at radius 2 is 2.39 bits per heavy atom. The van der Waals surface area contributed by atoms with E-state index in [0.29, 0.717) is 12.5 Å². The highest BCUT2D eigenvalue weighted by molar-refractivity contribution is 5.20. The van der Waals surface area contributed by atoms with Gasteiger partial charge in [0.25, 0.3) is 0 Å². The van der Waals surface area contributed by atoms with Crippen LogP contribution in [0, 0.1) is 16.0 Å². The second-order valence-corrected chi connectivity index (χ2v) is 4.71. The molecule has 1 aliphatic heterocycles. The smallest absolute Gasteiger partial charge is 0.306 e. The van der Waals surface area contributed by atoms with Crippen LogP contribution >= 0.6 is 0 Å². The number of nitrogens with zero attached hydrogens (tertiary/aromatic N) is 4. The molecule has 0 saturated carbocycles. The van der Waals surface area contributed by atoms with E-state index in [1.54, 1.807) is 4.68 Å². The molecule has 0 aromatic carbocycles. The van der Waals surface area contributed by atoms with Crippen LogP contribution < -0.4 is 0 Å². The first-order chi connectivity index (χ1) is 8.69. The molecule has 7 nitrogen and oxygen atoms in total. The fourth-order valence-electron chi connectivity index (χ4n) is 2.32. The molecule has 1 fully saturated rings. The summed E-state index contributed by atoms with van der Waals surface area (Å²) in [6, 6.07) is 0. The van der Waals surface area contributed by atoms with Crippen molar-refractivity contribution >= 4 is 5.69 Å². The largest absolute Gasteiger partial charge is 0.396 e. The van der Waals surface area contributed by atoms with Crippen LogP contribution in [0.25, 0.3) is 0 Å². The van der Waals surface area contributed by atoms with Gasteiger partial charge in [-0.3, -0.25) is 14.8 Å². The van der Waals surface area contributed by atoms with Crippen molar-refractivity contribution in [2.45, 2.75) is 19.4 Å². The van der Waals surface area contributed by atoms with Crippen LogP contribution in [0.3, 0.4) is 0 Å². The van der Waals surface area contributed by atoms with Gasteiger partial charge in [-0.15, -0.1) is 0 Å². The molecule has 1 aromatic rings. The fourth-order valence-corrected chi connectivity index (χ4v) is 2.32. The molecule has 0 aliphatic carbocycles. The number of likely N-dealkylation sites (tertiary alicyclic amines) is 1. The number of rotatable bonds is 5. The van der Waals surface area contributed by atoms with Crippen LogP contribution in [0.5, 0.6) is 0 Å². The molecule has 1 N–H and O–H groups in total. The summed E-state index contributed by atoms with van der Waals surface area (Å²) < 4.78 is 1.60. The lowest BCUT2D eigenvalue weighted by molar-refractivity contribution is -0.385. The molecule has 0 spiro atoms. The molecule has 1 atom stereocenters. The molecule has 7 heteroatoms. The Bertz CT molecular complexity index is 407. The van der Waals surface area contributed by atoms with Gasteiger partial charge in [0, 0.05) is 19.7 Å². The average molecular weight is 254 g/mol. The Morgan fingerprint density at radius 1 is 1.56 bits per heavy atom. The van der Waals surface area contributed by atoms with Crippen molar-refractivity contribution in [3.05, 3.63) is 22.5 Å². The number of nitro groups is 1. The minimum absolute atomic E-state index is 0.0295. The average Bonchev–Trinajstić information content (AvgIpc) is 2.85. The maximum absolute atomic E-state index is 10.5. The third-order valence-electron chi connectivity index (χ3n) is 3.34. The molecular formula is C11H18N4O3. The lowest BCUT2D eigenvalue weighted by Gasteiger charge is -2.31. The van der Waals surface area contributed by atoms with Crippen LogP contribution in [0.1, 0.15) is 12.8 Å². The number of aromatic nitrogens is 2. The van der Waals surface area contributed by atoms with Gasteiger partial charge in [0.1, 0.15) is 12.4 Å². The third kappa shape index (κ3) is 3.27. The van der Waals surface area contributed by atoms with Gasteiger partial charge in [-0.25, -0.2) is 0 Å². The van der Waals surface area contributed by atoms with Gasteiger partial charge in [-0.2, -0.15) is 5.10 Å². The number of hydrogen-bond donors (Lipinski definition) is 1. The zero-order valence-corrected chi connectivity index (χ0v) is 10.2. The number of piperidine rings is 1. The maximum atomic E-state index is 10.5. The second-order valence-electron chi connectivity index (χ2n) is 4.71. The van der Waals surface area contributed by atoms with E-state index in [1.807, 2.05) is 0 Å². The van der Waals surface area contributed by atoms with E-state index < -0.39 is 4.92 Å². The van der Waals surface area contributed by atoms with E-state index in [4.69, 9.17) is 5.11 Å². The van der Waals surface area contributed by atoms with Gasteiger partial charge in [0.05, 0.1) is 11.5 Å². The van der Waals surface area contributed by atoms with Gasteiger partial charge in [0.2, 0.25) is 0 Å². The standard InChI is InChI=1S/C11H18N4O3/c16-9-10-2-1-3-13(7-10)4-5-14-8-11(6-12-14)15(17)18/h6,8,10,16H,1-5,7,9H2. The van der Waals surface area contributed by atoms with Crippen LogP contribution in [0.2, 0.25) is 0 Å². The predicted molar refractivity (Wildman–Crippen MR) is 65.1 cm³/mol. The minimum Gasteiger partial charge on any atom is -0.396 e. The zero-order chi connectivity index (χ0) is 13.0. The van der Waals surface area contributed by atoms with Gasteiger partial charge in [-0.1, -0.05) is 0 Å². The highest BCUT2D eigenvalue weighted by Crippen LogP contribution is 2.15. The van der Waals surface area contributed by atoms with Crippen molar-refractivity contribution in [1.82, 2.24) is 14.7 Å². The van der Waals surface area contributed by atoms with E-state index in [-0.39, 0.29) is 12.3 Å². The Hall–Kier alpha value is -1.47. The third-order valence-corrected chi connectivity index (χ3v) is 3.34. The van der Waals surface area contributed by atoms with Gasteiger partial charge in [-0.05, 0) is 25.3 Å². The SMILES string of the molecule is O=[N+]([O-])c1cnn(CCN2CCCC(CO)C2)c1. The number of aliphatic hydroxyl groups is 1. The Kier molecular flexibility index (Phi) is 4.27. The lowest BCUT2D eigenvalue weighted by Crippen LogP contribution is -2.38. The van der Waals surface area contributed by atoms with Crippen LogP contribution in [0.4, 0.5) is 5.69 Å². The molecule has 1 aromatic heterocycles. The molecular weight excluding hydrogens is 236 g/mol. The maximum Gasteiger partial charge on any atom is 0.306 e. The molecule has 1 aliphatic rings. The molecule has 0 amide bonds. The summed E-state index contributed by atoms with van der Waals surface area (Å²) in [4.78, 5) is 12.4. The topological polar surface area (TPSA) is 84.4 Å². The molecule has 1 unspecified atom stereocenters.